The Morgan fingerprint density at radius 2 is 2.07 bits per heavy atom. The van der Waals surface area contributed by atoms with Crippen molar-refractivity contribution in [1.82, 2.24) is 0 Å². The van der Waals surface area contributed by atoms with E-state index in [9.17, 15) is 0 Å². The van der Waals surface area contributed by atoms with Crippen LogP contribution in [0.15, 0.2) is 22.8 Å². The second kappa shape index (κ2) is 3.38. The SMILES string of the molecule is COC1(OC)C(C)OC1c1ccco1. The molecule has 1 aliphatic heterocycles. The highest BCUT2D eigenvalue weighted by Crippen LogP contribution is 2.47. The van der Waals surface area contributed by atoms with E-state index in [-0.39, 0.29) is 12.2 Å². The number of methoxy groups -OCH3 is 2. The van der Waals surface area contributed by atoms with Gasteiger partial charge < -0.3 is 18.6 Å². The van der Waals surface area contributed by atoms with Crippen LogP contribution in [0.2, 0.25) is 0 Å². The zero-order valence-electron chi connectivity index (χ0n) is 8.52. The summed E-state index contributed by atoms with van der Waals surface area (Å²) >= 11 is 0. The van der Waals surface area contributed by atoms with Gasteiger partial charge in [0.25, 0.3) is 0 Å². The summed E-state index contributed by atoms with van der Waals surface area (Å²) in [6.07, 6.45) is 1.24. The lowest BCUT2D eigenvalue weighted by Gasteiger charge is -2.50. The van der Waals surface area contributed by atoms with Gasteiger partial charge in [0.05, 0.1) is 6.26 Å². The Morgan fingerprint density at radius 3 is 2.50 bits per heavy atom. The highest BCUT2D eigenvalue weighted by atomic mass is 16.8. The Morgan fingerprint density at radius 1 is 1.36 bits per heavy atom. The molecule has 2 rings (SSSR count). The zero-order chi connectivity index (χ0) is 10.2. The van der Waals surface area contributed by atoms with Gasteiger partial charge in [-0.25, -0.2) is 0 Å². The maximum Gasteiger partial charge on any atom is 0.228 e. The molecular weight excluding hydrogens is 184 g/mol. The van der Waals surface area contributed by atoms with E-state index in [0.717, 1.165) is 5.76 Å². The third-order valence-electron chi connectivity index (χ3n) is 2.71. The summed E-state index contributed by atoms with van der Waals surface area (Å²) in [7, 11) is 3.22. The van der Waals surface area contributed by atoms with Crippen LogP contribution in [-0.2, 0) is 14.2 Å². The summed E-state index contributed by atoms with van der Waals surface area (Å²) in [5.74, 6) is 0.0181. The Bertz CT molecular complexity index is 289. The van der Waals surface area contributed by atoms with Crippen LogP contribution >= 0.6 is 0 Å². The summed E-state index contributed by atoms with van der Waals surface area (Å²) < 4.78 is 21.5. The summed E-state index contributed by atoms with van der Waals surface area (Å²) in [6.45, 7) is 1.91. The minimum atomic E-state index is -0.710. The smallest absolute Gasteiger partial charge is 0.228 e. The standard InChI is InChI=1S/C10H14O4/c1-7-10(11-2,12-3)9(14-7)8-5-4-6-13-8/h4-7,9H,1-3H3. The molecule has 0 saturated carbocycles. The molecule has 0 radical (unpaired) electrons. The second-order valence-corrected chi connectivity index (χ2v) is 3.30. The van der Waals surface area contributed by atoms with Crippen molar-refractivity contribution in [3.63, 3.8) is 0 Å². The molecule has 1 fully saturated rings. The molecule has 1 aromatic rings. The molecule has 0 aromatic carbocycles. The van der Waals surface area contributed by atoms with Crippen LogP contribution in [0.25, 0.3) is 0 Å². The van der Waals surface area contributed by atoms with Crippen molar-refractivity contribution < 1.29 is 18.6 Å². The van der Waals surface area contributed by atoms with Crippen LogP contribution in [0.1, 0.15) is 18.8 Å². The van der Waals surface area contributed by atoms with Crippen LogP contribution in [0.4, 0.5) is 0 Å². The van der Waals surface area contributed by atoms with E-state index >= 15 is 0 Å². The summed E-state index contributed by atoms with van der Waals surface area (Å²) in [5, 5.41) is 0. The van der Waals surface area contributed by atoms with Crippen molar-refractivity contribution in [3.8, 4) is 0 Å². The van der Waals surface area contributed by atoms with Crippen molar-refractivity contribution >= 4 is 0 Å². The molecule has 0 amide bonds. The zero-order valence-corrected chi connectivity index (χ0v) is 8.52. The fourth-order valence-corrected chi connectivity index (χ4v) is 1.87. The van der Waals surface area contributed by atoms with Crippen molar-refractivity contribution in [1.29, 1.82) is 0 Å². The molecular formula is C10H14O4. The topological polar surface area (TPSA) is 40.8 Å². The van der Waals surface area contributed by atoms with Gasteiger partial charge in [0.1, 0.15) is 11.9 Å². The maximum absolute atomic E-state index is 5.54. The monoisotopic (exact) mass is 198 g/mol. The average molecular weight is 198 g/mol. The molecule has 0 aliphatic carbocycles. The summed E-state index contributed by atoms with van der Waals surface area (Å²) in [5.41, 5.74) is 0. The first kappa shape index (κ1) is 9.71. The first-order valence-corrected chi connectivity index (χ1v) is 4.53. The van der Waals surface area contributed by atoms with Crippen molar-refractivity contribution in [2.45, 2.75) is 24.9 Å². The summed E-state index contributed by atoms with van der Waals surface area (Å²) in [4.78, 5) is 0. The van der Waals surface area contributed by atoms with Gasteiger partial charge in [-0.2, -0.15) is 0 Å². The van der Waals surface area contributed by atoms with Crippen molar-refractivity contribution in [2.24, 2.45) is 0 Å². The van der Waals surface area contributed by atoms with E-state index in [1.165, 1.54) is 0 Å². The lowest BCUT2D eigenvalue weighted by molar-refractivity contribution is -0.405. The normalized spacial score (nSPS) is 29.9. The Labute approximate surface area is 82.8 Å². The molecule has 2 heterocycles. The predicted molar refractivity (Wildman–Crippen MR) is 48.7 cm³/mol. The second-order valence-electron chi connectivity index (χ2n) is 3.30. The van der Waals surface area contributed by atoms with Crippen LogP contribution in [0.3, 0.4) is 0 Å². The lowest BCUT2D eigenvalue weighted by Crippen LogP contribution is -2.61. The van der Waals surface area contributed by atoms with Crippen molar-refractivity contribution in [2.75, 3.05) is 14.2 Å². The number of hydrogen-bond acceptors (Lipinski definition) is 4. The van der Waals surface area contributed by atoms with Gasteiger partial charge >= 0.3 is 0 Å². The fourth-order valence-electron chi connectivity index (χ4n) is 1.87. The molecule has 4 heteroatoms. The van der Waals surface area contributed by atoms with Gasteiger partial charge in [-0.3, -0.25) is 0 Å². The minimum Gasteiger partial charge on any atom is -0.466 e. The molecule has 1 aromatic heterocycles. The molecule has 4 nitrogen and oxygen atoms in total. The quantitative estimate of drug-likeness (QED) is 0.693. The molecule has 1 aliphatic rings. The minimum absolute atomic E-state index is 0.0902. The molecule has 2 unspecified atom stereocenters. The molecule has 78 valence electrons. The van der Waals surface area contributed by atoms with Gasteiger partial charge in [0.15, 0.2) is 6.10 Å². The molecule has 0 bridgehead atoms. The lowest BCUT2D eigenvalue weighted by atomic mass is 9.95. The average Bonchev–Trinajstić information content (AvgIpc) is 2.69. The van der Waals surface area contributed by atoms with Gasteiger partial charge in [-0.15, -0.1) is 0 Å². The first-order chi connectivity index (χ1) is 6.74. The summed E-state index contributed by atoms with van der Waals surface area (Å²) in [6, 6.07) is 3.67. The largest absolute Gasteiger partial charge is 0.466 e. The third kappa shape index (κ3) is 1.11. The molecule has 2 atom stereocenters. The number of ether oxygens (including phenoxy) is 3. The number of hydrogen-bond donors (Lipinski definition) is 0. The Hall–Kier alpha value is -0.840. The molecule has 0 N–H and O–H groups in total. The van der Waals surface area contributed by atoms with E-state index in [0.29, 0.717) is 0 Å². The van der Waals surface area contributed by atoms with Crippen LogP contribution in [0, 0.1) is 0 Å². The van der Waals surface area contributed by atoms with Crippen LogP contribution < -0.4 is 0 Å². The van der Waals surface area contributed by atoms with E-state index in [1.54, 1.807) is 20.5 Å². The highest BCUT2D eigenvalue weighted by Gasteiger charge is 2.58. The third-order valence-corrected chi connectivity index (χ3v) is 2.71. The first-order valence-electron chi connectivity index (χ1n) is 4.53. The van der Waals surface area contributed by atoms with E-state index in [1.807, 2.05) is 19.1 Å². The highest BCUT2D eigenvalue weighted by molar-refractivity contribution is 5.12. The van der Waals surface area contributed by atoms with Crippen molar-refractivity contribution in [3.05, 3.63) is 24.2 Å². The molecule has 14 heavy (non-hydrogen) atoms. The molecule has 1 saturated heterocycles. The number of rotatable bonds is 3. The Kier molecular flexibility index (Phi) is 2.34. The van der Waals surface area contributed by atoms with E-state index in [2.05, 4.69) is 0 Å². The van der Waals surface area contributed by atoms with Crippen LogP contribution in [0.5, 0.6) is 0 Å². The fraction of sp³-hybridized carbons (Fsp3) is 0.600. The van der Waals surface area contributed by atoms with Gasteiger partial charge in [-0.1, -0.05) is 0 Å². The van der Waals surface area contributed by atoms with E-state index < -0.39 is 5.79 Å². The predicted octanol–water partition coefficient (Wildman–Crippen LogP) is 1.73. The van der Waals surface area contributed by atoms with Crippen LogP contribution in [-0.4, -0.2) is 26.1 Å². The Balaban J connectivity index is 2.23. The van der Waals surface area contributed by atoms with E-state index in [4.69, 9.17) is 18.6 Å². The van der Waals surface area contributed by atoms with Gasteiger partial charge in [0.2, 0.25) is 5.79 Å². The van der Waals surface area contributed by atoms with Gasteiger partial charge in [-0.05, 0) is 19.1 Å². The molecule has 0 spiro atoms. The van der Waals surface area contributed by atoms with Gasteiger partial charge in [0, 0.05) is 14.2 Å². The number of furan rings is 1. The maximum atomic E-state index is 5.54.